The number of nitrogens with zero attached hydrogens (tertiary/aromatic N) is 1. The van der Waals surface area contributed by atoms with Crippen molar-refractivity contribution >= 4 is 11.8 Å². The summed E-state index contributed by atoms with van der Waals surface area (Å²) in [6.45, 7) is 0.584. The number of methoxy groups -OCH3 is 1. The van der Waals surface area contributed by atoms with Gasteiger partial charge in [0, 0.05) is 18.7 Å². The number of amides is 2. The third-order valence-corrected chi connectivity index (χ3v) is 5.91. The number of hydroxylamine groups is 1. The van der Waals surface area contributed by atoms with Crippen LogP contribution in [-0.4, -0.2) is 41.7 Å². The second-order valence-corrected chi connectivity index (χ2v) is 7.81. The van der Waals surface area contributed by atoms with Crippen LogP contribution in [0.25, 0.3) is 0 Å². The molecule has 7 nitrogen and oxygen atoms in total. The highest BCUT2D eigenvalue weighted by Crippen LogP contribution is 2.35. The Labute approximate surface area is 175 Å². The summed E-state index contributed by atoms with van der Waals surface area (Å²) in [5.41, 5.74) is 3.99. The molecular weight excluding hydrogens is 384 g/mol. The number of carbonyl (C=O) groups excluding carboxylic acids is 2. The summed E-state index contributed by atoms with van der Waals surface area (Å²) in [7, 11) is 1.58. The molecule has 7 heteroatoms. The van der Waals surface area contributed by atoms with E-state index >= 15 is 0 Å². The molecule has 0 aromatic heterocycles. The average molecular weight is 410 g/mol. The molecule has 1 unspecified atom stereocenters. The Morgan fingerprint density at radius 1 is 1.20 bits per heavy atom. The molecule has 1 saturated carbocycles. The van der Waals surface area contributed by atoms with Gasteiger partial charge in [0.2, 0.25) is 0 Å². The van der Waals surface area contributed by atoms with Crippen LogP contribution >= 0.6 is 0 Å². The van der Waals surface area contributed by atoms with Gasteiger partial charge in [-0.1, -0.05) is 24.3 Å². The van der Waals surface area contributed by atoms with E-state index in [0.29, 0.717) is 29.2 Å². The van der Waals surface area contributed by atoms with Crippen molar-refractivity contribution < 1.29 is 24.3 Å². The summed E-state index contributed by atoms with van der Waals surface area (Å²) >= 11 is 0. The molecule has 2 aromatic carbocycles. The number of fused-ring (bicyclic) bond motifs is 1. The summed E-state index contributed by atoms with van der Waals surface area (Å²) in [5, 5.41) is 9.32. The Bertz CT molecular complexity index is 939. The van der Waals surface area contributed by atoms with Crippen molar-refractivity contribution in [2.45, 2.75) is 44.2 Å². The van der Waals surface area contributed by atoms with E-state index in [0.717, 1.165) is 31.2 Å². The zero-order valence-electron chi connectivity index (χ0n) is 17.0. The SMILES string of the molecule is COc1ccc(C(CN2Cc3ccccc3C2=O)C(=O)NO)cc1OC1CCCC1. The fourth-order valence-electron chi connectivity index (χ4n) is 4.29. The van der Waals surface area contributed by atoms with E-state index < -0.39 is 11.8 Å². The van der Waals surface area contributed by atoms with Crippen molar-refractivity contribution in [3.8, 4) is 11.5 Å². The number of hydrogen-bond acceptors (Lipinski definition) is 5. The van der Waals surface area contributed by atoms with Gasteiger partial charge in [-0.3, -0.25) is 14.8 Å². The molecule has 30 heavy (non-hydrogen) atoms. The average Bonchev–Trinajstić information content (AvgIpc) is 3.39. The summed E-state index contributed by atoms with van der Waals surface area (Å²) in [4.78, 5) is 26.9. The molecule has 2 N–H and O–H groups in total. The maximum absolute atomic E-state index is 12.8. The van der Waals surface area contributed by atoms with E-state index in [1.165, 1.54) is 0 Å². The standard InChI is InChI=1S/C23H26N2O5/c1-29-20-11-10-15(12-21(20)30-17-7-3-4-8-17)19(22(26)24-28)14-25-13-16-6-2-5-9-18(16)23(25)27/h2,5-6,9-12,17,19,28H,3-4,7-8,13-14H2,1H3,(H,24,26). The summed E-state index contributed by atoms with van der Waals surface area (Å²) < 4.78 is 11.6. The van der Waals surface area contributed by atoms with Crippen molar-refractivity contribution in [1.29, 1.82) is 0 Å². The normalized spacial score (nSPS) is 17.0. The Morgan fingerprint density at radius 2 is 1.97 bits per heavy atom. The van der Waals surface area contributed by atoms with E-state index in [4.69, 9.17) is 9.47 Å². The zero-order chi connectivity index (χ0) is 21.1. The number of carbonyl (C=O) groups is 2. The molecular formula is C23H26N2O5. The van der Waals surface area contributed by atoms with Crippen molar-refractivity contribution in [2.75, 3.05) is 13.7 Å². The van der Waals surface area contributed by atoms with Crippen LogP contribution in [0.4, 0.5) is 0 Å². The van der Waals surface area contributed by atoms with E-state index in [1.54, 1.807) is 41.8 Å². The van der Waals surface area contributed by atoms with Crippen LogP contribution in [0.3, 0.4) is 0 Å². The molecule has 2 aromatic rings. The van der Waals surface area contributed by atoms with Gasteiger partial charge in [0.25, 0.3) is 11.8 Å². The highest BCUT2D eigenvalue weighted by molar-refractivity contribution is 5.98. The predicted molar refractivity (Wildman–Crippen MR) is 110 cm³/mol. The molecule has 1 atom stereocenters. The summed E-state index contributed by atoms with van der Waals surface area (Å²) in [6.07, 6.45) is 4.40. The number of nitrogens with one attached hydrogen (secondary N) is 1. The Hall–Kier alpha value is -3.06. The van der Waals surface area contributed by atoms with Crippen molar-refractivity contribution in [1.82, 2.24) is 10.4 Å². The van der Waals surface area contributed by atoms with Gasteiger partial charge in [0.15, 0.2) is 11.5 Å². The van der Waals surface area contributed by atoms with Crippen LogP contribution in [0.5, 0.6) is 11.5 Å². The molecule has 1 fully saturated rings. The summed E-state index contributed by atoms with van der Waals surface area (Å²) in [6, 6.07) is 12.7. The fourth-order valence-corrected chi connectivity index (χ4v) is 4.29. The van der Waals surface area contributed by atoms with E-state index in [1.807, 2.05) is 18.2 Å². The molecule has 158 valence electrons. The number of hydrogen-bond donors (Lipinski definition) is 2. The number of ether oxygens (including phenoxy) is 2. The molecule has 0 saturated heterocycles. The number of benzene rings is 2. The first kappa shape index (κ1) is 20.2. The first-order valence-corrected chi connectivity index (χ1v) is 10.3. The molecule has 0 spiro atoms. The van der Waals surface area contributed by atoms with Gasteiger partial charge in [0.1, 0.15) is 0 Å². The molecule has 2 amide bonds. The van der Waals surface area contributed by atoms with Crippen LogP contribution in [0.1, 0.15) is 53.1 Å². The zero-order valence-corrected chi connectivity index (χ0v) is 17.0. The van der Waals surface area contributed by atoms with Crippen LogP contribution in [-0.2, 0) is 11.3 Å². The monoisotopic (exact) mass is 410 g/mol. The van der Waals surface area contributed by atoms with Crippen LogP contribution in [0.15, 0.2) is 42.5 Å². The van der Waals surface area contributed by atoms with Crippen LogP contribution in [0, 0.1) is 0 Å². The first-order chi connectivity index (χ1) is 14.6. The van der Waals surface area contributed by atoms with Gasteiger partial charge in [-0.15, -0.1) is 0 Å². The largest absolute Gasteiger partial charge is 0.493 e. The highest BCUT2D eigenvalue weighted by atomic mass is 16.5. The van der Waals surface area contributed by atoms with Gasteiger partial charge in [-0.25, -0.2) is 5.48 Å². The predicted octanol–water partition coefficient (Wildman–Crippen LogP) is 3.26. The van der Waals surface area contributed by atoms with Gasteiger partial charge in [0.05, 0.1) is 19.1 Å². The molecule has 0 radical (unpaired) electrons. The maximum Gasteiger partial charge on any atom is 0.254 e. The minimum Gasteiger partial charge on any atom is -0.493 e. The third-order valence-electron chi connectivity index (χ3n) is 5.91. The second-order valence-electron chi connectivity index (χ2n) is 7.81. The first-order valence-electron chi connectivity index (χ1n) is 10.3. The lowest BCUT2D eigenvalue weighted by molar-refractivity contribution is -0.131. The second kappa shape index (κ2) is 8.75. The minimum absolute atomic E-state index is 0.114. The van der Waals surface area contributed by atoms with E-state index in [9.17, 15) is 14.8 Å². The fraction of sp³-hybridized carbons (Fsp3) is 0.391. The minimum atomic E-state index is -0.745. The van der Waals surface area contributed by atoms with Crippen molar-refractivity contribution in [3.05, 3.63) is 59.2 Å². The van der Waals surface area contributed by atoms with Crippen LogP contribution < -0.4 is 15.0 Å². The molecule has 4 rings (SSSR count). The van der Waals surface area contributed by atoms with Gasteiger partial charge in [-0.05, 0) is 55.0 Å². The Morgan fingerprint density at radius 3 is 2.67 bits per heavy atom. The van der Waals surface area contributed by atoms with Gasteiger partial charge in [-0.2, -0.15) is 0 Å². The lowest BCUT2D eigenvalue weighted by Gasteiger charge is -2.24. The third kappa shape index (κ3) is 3.98. The van der Waals surface area contributed by atoms with E-state index in [-0.39, 0.29) is 18.6 Å². The lowest BCUT2D eigenvalue weighted by atomic mass is 9.97. The lowest BCUT2D eigenvalue weighted by Crippen LogP contribution is -2.36. The van der Waals surface area contributed by atoms with Crippen LogP contribution in [0.2, 0.25) is 0 Å². The Kier molecular flexibility index (Phi) is 5.90. The van der Waals surface area contributed by atoms with E-state index in [2.05, 4.69) is 0 Å². The molecule has 1 aliphatic carbocycles. The molecule has 1 heterocycles. The van der Waals surface area contributed by atoms with Gasteiger partial charge >= 0.3 is 0 Å². The van der Waals surface area contributed by atoms with Crippen molar-refractivity contribution in [3.63, 3.8) is 0 Å². The highest BCUT2D eigenvalue weighted by Gasteiger charge is 2.32. The smallest absolute Gasteiger partial charge is 0.254 e. The van der Waals surface area contributed by atoms with Crippen molar-refractivity contribution in [2.24, 2.45) is 0 Å². The quantitative estimate of drug-likeness (QED) is 0.540. The molecule has 2 aliphatic rings. The summed E-state index contributed by atoms with van der Waals surface area (Å²) in [5.74, 6) is -0.259. The van der Waals surface area contributed by atoms with Gasteiger partial charge < -0.3 is 14.4 Å². The number of rotatable bonds is 7. The topological polar surface area (TPSA) is 88.1 Å². The molecule has 1 aliphatic heterocycles. The molecule has 0 bridgehead atoms. The Balaban J connectivity index is 1.59. The maximum atomic E-state index is 12.8.